The van der Waals surface area contributed by atoms with Crippen molar-refractivity contribution in [3.05, 3.63) is 52.6 Å². The lowest BCUT2D eigenvalue weighted by Gasteiger charge is -2.27. The molecule has 1 fully saturated rings. The molecule has 3 N–H and O–H groups in total. The Labute approximate surface area is 162 Å². The number of rotatable bonds is 5. The molecule has 3 aromatic rings. The van der Waals surface area contributed by atoms with Gasteiger partial charge in [0.1, 0.15) is 5.82 Å². The molecule has 0 unspecified atom stereocenters. The van der Waals surface area contributed by atoms with E-state index in [4.69, 9.17) is 15.6 Å². The van der Waals surface area contributed by atoms with Gasteiger partial charge in [-0.3, -0.25) is 0 Å². The third kappa shape index (κ3) is 3.41. The van der Waals surface area contributed by atoms with E-state index in [9.17, 15) is 9.50 Å². The highest BCUT2D eigenvalue weighted by Crippen LogP contribution is 2.24. The van der Waals surface area contributed by atoms with E-state index in [-0.39, 0.29) is 12.4 Å². The summed E-state index contributed by atoms with van der Waals surface area (Å²) in [5, 5.41) is 14.3. The predicted octanol–water partition coefficient (Wildman–Crippen LogP) is 1.87. The van der Waals surface area contributed by atoms with Gasteiger partial charge in [0.25, 0.3) is 0 Å². The molecule has 0 spiro atoms. The minimum absolute atomic E-state index is 0.319. The zero-order valence-electron chi connectivity index (χ0n) is 15.9. The summed E-state index contributed by atoms with van der Waals surface area (Å²) in [6.07, 6.45) is 1.19. The smallest absolute Gasteiger partial charge is 0.177 e. The van der Waals surface area contributed by atoms with Gasteiger partial charge in [-0.1, -0.05) is 12.1 Å². The molecule has 1 saturated heterocycles. The van der Waals surface area contributed by atoms with Crippen LogP contribution in [0.2, 0.25) is 0 Å². The van der Waals surface area contributed by atoms with Gasteiger partial charge in [-0.15, -0.1) is 5.10 Å². The number of ether oxygens (including phenoxy) is 1. The van der Waals surface area contributed by atoms with Gasteiger partial charge in [-0.05, 0) is 31.4 Å². The van der Waals surface area contributed by atoms with Gasteiger partial charge < -0.3 is 20.5 Å². The molecule has 0 aliphatic carbocycles. The highest BCUT2D eigenvalue weighted by Gasteiger charge is 2.18. The number of hydrogen-bond acceptors (Lipinski definition) is 6. The first-order valence-corrected chi connectivity index (χ1v) is 9.43. The van der Waals surface area contributed by atoms with Crippen molar-refractivity contribution in [2.75, 3.05) is 36.9 Å². The van der Waals surface area contributed by atoms with Gasteiger partial charge >= 0.3 is 0 Å². The zero-order valence-corrected chi connectivity index (χ0v) is 15.9. The lowest BCUT2D eigenvalue weighted by atomic mass is 10.0. The number of halogens is 1. The molecule has 4 rings (SSSR count). The summed E-state index contributed by atoms with van der Waals surface area (Å²) in [7, 11) is 0. The zero-order chi connectivity index (χ0) is 19.7. The number of hydrogen-bond donors (Lipinski definition) is 2. The Morgan fingerprint density at radius 2 is 2.04 bits per heavy atom. The minimum Gasteiger partial charge on any atom is -0.396 e. The van der Waals surface area contributed by atoms with Crippen LogP contribution in [0.15, 0.2) is 24.3 Å². The van der Waals surface area contributed by atoms with E-state index < -0.39 is 0 Å². The molecule has 0 saturated carbocycles. The van der Waals surface area contributed by atoms with Gasteiger partial charge in [-0.25, -0.2) is 13.9 Å². The van der Waals surface area contributed by atoms with Gasteiger partial charge in [0.2, 0.25) is 0 Å². The molecule has 28 heavy (non-hydrogen) atoms. The van der Waals surface area contributed by atoms with Crippen LogP contribution >= 0.6 is 0 Å². The summed E-state index contributed by atoms with van der Waals surface area (Å²) in [6, 6.07) is 6.73. The molecule has 148 valence electrons. The van der Waals surface area contributed by atoms with E-state index in [1.54, 1.807) is 10.6 Å². The number of nitrogens with zero attached hydrogens (tertiary/aromatic N) is 4. The fourth-order valence-corrected chi connectivity index (χ4v) is 3.68. The summed E-state index contributed by atoms with van der Waals surface area (Å²) in [4.78, 5) is 6.73. The van der Waals surface area contributed by atoms with Gasteiger partial charge in [0.15, 0.2) is 11.5 Å². The Bertz CT molecular complexity index is 998. The number of aliphatic hydroxyl groups is 1. The highest BCUT2D eigenvalue weighted by atomic mass is 19.1. The molecular weight excluding hydrogens is 361 g/mol. The van der Waals surface area contributed by atoms with Crippen LogP contribution in [0.3, 0.4) is 0 Å². The Balaban J connectivity index is 1.68. The molecule has 8 heteroatoms. The van der Waals surface area contributed by atoms with Crippen LogP contribution in [-0.2, 0) is 24.2 Å². The maximum Gasteiger partial charge on any atom is 0.177 e. The molecule has 1 aromatic carbocycles. The second-order valence-corrected chi connectivity index (χ2v) is 6.97. The van der Waals surface area contributed by atoms with Crippen molar-refractivity contribution < 1.29 is 14.2 Å². The van der Waals surface area contributed by atoms with E-state index >= 15 is 0 Å². The fourth-order valence-electron chi connectivity index (χ4n) is 3.68. The molecule has 0 bridgehead atoms. The first-order valence-electron chi connectivity index (χ1n) is 9.43. The molecule has 1 aliphatic rings. The fraction of sp³-hybridized carbons (Fsp3) is 0.400. The molecule has 3 heterocycles. The first kappa shape index (κ1) is 18.6. The number of aryl methyl sites for hydroxylation is 3. The third-order valence-electron chi connectivity index (χ3n) is 5.23. The summed E-state index contributed by atoms with van der Waals surface area (Å²) >= 11 is 0. The van der Waals surface area contributed by atoms with Crippen molar-refractivity contribution in [3.8, 4) is 0 Å². The quantitative estimate of drug-likeness (QED) is 0.697. The number of anilines is 2. The lowest BCUT2D eigenvalue weighted by Crippen LogP contribution is -2.37. The number of nitrogens with two attached hydrogens (primary N) is 1. The molecule has 0 atom stereocenters. The summed E-state index contributed by atoms with van der Waals surface area (Å²) in [6.45, 7) is 4.48. The SMILES string of the molecule is Cc1nc2c(N)cc(N3CCOCC3)nn2c1CCc1cccc(F)c1CO. The Morgan fingerprint density at radius 1 is 1.25 bits per heavy atom. The van der Waals surface area contributed by atoms with Gasteiger partial charge in [0.05, 0.1) is 36.9 Å². The van der Waals surface area contributed by atoms with Crippen molar-refractivity contribution in [2.24, 2.45) is 0 Å². The minimum atomic E-state index is -0.383. The summed E-state index contributed by atoms with van der Waals surface area (Å²) < 4.78 is 21.2. The lowest BCUT2D eigenvalue weighted by molar-refractivity contribution is 0.122. The van der Waals surface area contributed by atoms with Crippen LogP contribution in [0.25, 0.3) is 5.65 Å². The third-order valence-corrected chi connectivity index (χ3v) is 5.23. The molecule has 0 amide bonds. The largest absolute Gasteiger partial charge is 0.396 e. The molecule has 0 radical (unpaired) electrons. The average molecular weight is 385 g/mol. The number of morpholine rings is 1. The van der Waals surface area contributed by atoms with Gasteiger partial charge in [-0.2, -0.15) is 0 Å². The monoisotopic (exact) mass is 385 g/mol. The molecule has 1 aliphatic heterocycles. The van der Waals surface area contributed by atoms with E-state index in [1.807, 2.05) is 19.1 Å². The Morgan fingerprint density at radius 3 is 2.79 bits per heavy atom. The topological polar surface area (TPSA) is 88.9 Å². The Hall–Kier alpha value is -2.71. The number of aliphatic hydroxyl groups excluding tert-OH is 1. The maximum absolute atomic E-state index is 13.9. The molecule has 2 aromatic heterocycles. The summed E-state index contributed by atoms with van der Waals surface area (Å²) in [5.74, 6) is 0.417. The van der Waals surface area contributed by atoms with E-state index in [0.717, 1.165) is 35.9 Å². The second-order valence-electron chi connectivity index (χ2n) is 6.97. The van der Waals surface area contributed by atoms with Crippen molar-refractivity contribution in [3.63, 3.8) is 0 Å². The number of aromatic nitrogens is 3. The van der Waals surface area contributed by atoms with Crippen LogP contribution in [0.1, 0.15) is 22.5 Å². The number of benzene rings is 1. The number of nitrogen functional groups attached to an aromatic ring is 1. The van der Waals surface area contributed by atoms with Crippen LogP contribution in [-0.4, -0.2) is 46.0 Å². The molecular formula is C20H24FN5O2. The number of imidazole rings is 1. The van der Waals surface area contributed by atoms with Crippen molar-refractivity contribution in [2.45, 2.75) is 26.4 Å². The van der Waals surface area contributed by atoms with Crippen LogP contribution in [0.4, 0.5) is 15.9 Å². The van der Waals surface area contributed by atoms with Crippen LogP contribution in [0, 0.1) is 12.7 Å². The maximum atomic E-state index is 13.9. The van der Waals surface area contributed by atoms with Crippen molar-refractivity contribution >= 4 is 17.2 Å². The second kappa shape index (κ2) is 7.73. The Kier molecular flexibility index (Phi) is 5.15. The molecule has 7 nitrogen and oxygen atoms in total. The predicted molar refractivity (Wildman–Crippen MR) is 105 cm³/mol. The van der Waals surface area contributed by atoms with Gasteiger partial charge in [0, 0.05) is 24.7 Å². The standard InChI is InChI=1S/C20H24FN5O2/c1-13-18(6-5-14-3-2-4-16(21)15(14)12-27)26-20(23-13)17(22)11-19(24-26)25-7-9-28-10-8-25/h2-4,11,27H,5-10,12,22H2,1H3. The van der Waals surface area contributed by atoms with Crippen LogP contribution in [0.5, 0.6) is 0 Å². The van der Waals surface area contributed by atoms with Crippen molar-refractivity contribution in [1.29, 1.82) is 0 Å². The van der Waals surface area contributed by atoms with Crippen molar-refractivity contribution in [1.82, 2.24) is 14.6 Å². The van der Waals surface area contributed by atoms with E-state index in [1.165, 1.54) is 6.07 Å². The van der Waals surface area contributed by atoms with Crippen LogP contribution < -0.4 is 10.6 Å². The van der Waals surface area contributed by atoms with E-state index in [2.05, 4.69) is 9.88 Å². The summed E-state index contributed by atoms with van der Waals surface area (Å²) in [5.41, 5.74) is 10.4. The number of fused-ring (bicyclic) bond motifs is 1. The first-order chi connectivity index (χ1) is 13.6. The van der Waals surface area contributed by atoms with E-state index in [0.29, 0.717) is 43.0 Å². The normalized spacial score (nSPS) is 14.8. The highest BCUT2D eigenvalue weighted by molar-refractivity contribution is 5.69. The average Bonchev–Trinajstić information content (AvgIpc) is 3.03.